The molecule has 0 unspecified atom stereocenters. The van der Waals surface area contributed by atoms with E-state index < -0.39 is 11.2 Å². The van der Waals surface area contributed by atoms with Crippen LogP contribution in [0.1, 0.15) is 36.5 Å². The molecule has 1 aliphatic rings. The third kappa shape index (κ3) is 3.57. The molecule has 1 fully saturated rings. The molecule has 104 valence electrons. The van der Waals surface area contributed by atoms with Crippen molar-refractivity contribution in [2.45, 2.75) is 36.2 Å². The predicted molar refractivity (Wildman–Crippen MR) is 78.2 cm³/mol. The van der Waals surface area contributed by atoms with E-state index in [2.05, 4.69) is 0 Å². The maximum Gasteiger partial charge on any atom is 0.321 e. The summed E-state index contributed by atoms with van der Waals surface area (Å²) in [5.74, 6) is -0.237. The smallest absolute Gasteiger partial charge is 0.321 e. The van der Waals surface area contributed by atoms with Gasteiger partial charge in [0.05, 0.1) is 12.1 Å². The highest BCUT2D eigenvalue weighted by Gasteiger charge is 2.27. The van der Waals surface area contributed by atoms with Gasteiger partial charge in [-0.2, -0.15) is 0 Å². The van der Waals surface area contributed by atoms with Gasteiger partial charge in [0.15, 0.2) is 0 Å². The van der Waals surface area contributed by atoms with Gasteiger partial charge < -0.3 is 9.84 Å². The maximum atomic E-state index is 11.5. The van der Waals surface area contributed by atoms with Crippen molar-refractivity contribution in [1.29, 1.82) is 0 Å². The van der Waals surface area contributed by atoms with Crippen molar-refractivity contribution in [3.8, 4) is 5.75 Å². The molecule has 1 aliphatic carbocycles. The molecule has 2 rings (SSSR count). The lowest BCUT2D eigenvalue weighted by molar-refractivity contribution is -0.136. The number of rotatable bonds is 5. The Hall–Kier alpha value is -0.870. The summed E-state index contributed by atoms with van der Waals surface area (Å²) in [7, 11) is 1.54. The van der Waals surface area contributed by atoms with Gasteiger partial charge in [-0.25, -0.2) is 0 Å². The molecule has 0 amide bonds. The molecule has 1 atom stereocenters. The molecular weight excluding hydrogens is 284 g/mol. The van der Waals surface area contributed by atoms with Gasteiger partial charge in [0, 0.05) is 5.25 Å². The Morgan fingerprint density at radius 1 is 1.47 bits per heavy atom. The Morgan fingerprint density at radius 3 is 2.68 bits per heavy atom. The van der Waals surface area contributed by atoms with E-state index in [0.29, 0.717) is 16.0 Å². The fourth-order valence-electron chi connectivity index (χ4n) is 2.34. The molecule has 0 heterocycles. The summed E-state index contributed by atoms with van der Waals surface area (Å²) < 4.78 is 5.09. The first-order valence-electron chi connectivity index (χ1n) is 6.33. The molecule has 0 spiro atoms. The van der Waals surface area contributed by atoms with Crippen LogP contribution in [0.25, 0.3) is 0 Å². The monoisotopic (exact) mass is 300 g/mol. The number of ether oxygens (including phenoxy) is 1. The molecular formula is C14H17ClO3S. The fraction of sp³-hybridized carbons (Fsp3) is 0.500. The highest BCUT2D eigenvalue weighted by atomic mass is 35.5. The molecule has 0 radical (unpaired) electrons. The van der Waals surface area contributed by atoms with Crippen LogP contribution >= 0.6 is 23.4 Å². The van der Waals surface area contributed by atoms with E-state index in [-0.39, 0.29) is 0 Å². The minimum Gasteiger partial charge on any atom is -0.495 e. The minimum atomic E-state index is -0.807. The number of hydrogen-bond donors (Lipinski definition) is 1. The molecule has 5 heteroatoms. The quantitative estimate of drug-likeness (QED) is 0.887. The number of carboxylic acid groups (broad SMARTS) is 1. The van der Waals surface area contributed by atoms with Crippen molar-refractivity contribution in [1.82, 2.24) is 0 Å². The Bertz CT molecular complexity index is 458. The van der Waals surface area contributed by atoms with Gasteiger partial charge in [-0.3, -0.25) is 4.79 Å². The number of benzene rings is 1. The van der Waals surface area contributed by atoms with Crippen molar-refractivity contribution in [2.75, 3.05) is 7.11 Å². The van der Waals surface area contributed by atoms with Gasteiger partial charge in [-0.1, -0.05) is 30.5 Å². The Balaban J connectivity index is 2.18. The zero-order valence-corrected chi connectivity index (χ0v) is 12.3. The molecule has 19 heavy (non-hydrogen) atoms. The average Bonchev–Trinajstić information content (AvgIpc) is 2.88. The molecule has 1 aromatic rings. The van der Waals surface area contributed by atoms with Gasteiger partial charge in [0.25, 0.3) is 0 Å². The Kier molecular flexibility index (Phi) is 4.99. The van der Waals surface area contributed by atoms with Crippen LogP contribution in [-0.2, 0) is 4.79 Å². The van der Waals surface area contributed by atoms with Crippen LogP contribution in [0.3, 0.4) is 0 Å². The molecule has 1 aromatic carbocycles. The van der Waals surface area contributed by atoms with Crippen molar-refractivity contribution in [3.63, 3.8) is 0 Å². The fourth-order valence-corrected chi connectivity index (χ4v) is 4.02. The van der Waals surface area contributed by atoms with Crippen LogP contribution in [0, 0.1) is 0 Å². The van der Waals surface area contributed by atoms with Crippen LogP contribution < -0.4 is 4.74 Å². The first-order valence-corrected chi connectivity index (χ1v) is 7.65. The highest BCUT2D eigenvalue weighted by Crippen LogP contribution is 2.41. The number of hydrogen-bond acceptors (Lipinski definition) is 3. The van der Waals surface area contributed by atoms with Crippen molar-refractivity contribution < 1.29 is 14.6 Å². The van der Waals surface area contributed by atoms with E-state index in [1.807, 2.05) is 0 Å². The molecule has 0 bridgehead atoms. The first kappa shape index (κ1) is 14.5. The standard InChI is InChI=1S/C14H17ClO3S/c1-18-12-7-6-9(8-11(12)15)13(14(16)17)19-10-4-2-3-5-10/h6-8,10,13H,2-5H2,1H3,(H,16,17)/t13-/m0/s1. The van der Waals surface area contributed by atoms with E-state index in [1.54, 1.807) is 25.3 Å². The van der Waals surface area contributed by atoms with Crippen molar-refractivity contribution in [3.05, 3.63) is 28.8 Å². The Morgan fingerprint density at radius 2 is 2.16 bits per heavy atom. The molecule has 1 N–H and O–H groups in total. The van der Waals surface area contributed by atoms with Crippen LogP contribution in [0.2, 0.25) is 5.02 Å². The zero-order chi connectivity index (χ0) is 13.8. The van der Waals surface area contributed by atoms with E-state index in [0.717, 1.165) is 18.4 Å². The largest absolute Gasteiger partial charge is 0.495 e. The number of aliphatic carboxylic acids is 1. The number of halogens is 1. The summed E-state index contributed by atoms with van der Waals surface area (Å²) in [6.07, 6.45) is 4.62. The lowest BCUT2D eigenvalue weighted by Crippen LogP contribution is -2.12. The summed E-state index contributed by atoms with van der Waals surface area (Å²) in [6, 6.07) is 5.20. The Labute approximate surface area is 122 Å². The van der Waals surface area contributed by atoms with E-state index >= 15 is 0 Å². The normalized spacial score (nSPS) is 17.4. The number of carbonyl (C=O) groups is 1. The summed E-state index contributed by atoms with van der Waals surface area (Å²) >= 11 is 7.60. The van der Waals surface area contributed by atoms with Crippen LogP contribution in [0.5, 0.6) is 5.75 Å². The topological polar surface area (TPSA) is 46.5 Å². The van der Waals surface area contributed by atoms with Crippen LogP contribution in [0.15, 0.2) is 18.2 Å². The predicted octanol–water partition coefficient (Wildman–Crippen LogP) is 4.15. The second kappa shape index (κ2) is 6.53. The minimum absolute atomic E-state index is 0.446. The van der Waals surface area contributed by atoms with Crippen LogP contribution in [-0.4, -0.2) is 23.4 Å². The molecule has 0 saturated heterocycles. The number of thioether (sulfide) groups is 1. The molecule has 3 nitrogen and oxygen atoms in total. The molecule has 0 aromatic heterocycles. The van der Waals surface area contributed by atoms with Crippen molar-refractivity contribution in [2.24, 2.45) is 0 Å². The van der Waals surface area contributed by atoms with E-state index in [9.17, 15) is 9.90 Å². The summed E-state index contributed by atoms with van der Waals surface area (Å²) in [6.45, 7) is 0. The van der Waals surface area contributed by atoms with Gasteiger partial charge in [-0.15, -0.1) is 11.8 Å². The molecule has 1 saturated carbocycles. The van der Waals surface area contributed by atoms with Gasteiger partial charge in [0.2, 0.25) is 0 Å². The van der Waals surface area contributed by atoms with Crippen molar-refractivity contribution >= 4 is 29.3 Å². The lowest BCUT2D eigenvalue weighted by Gasteiger charge is -2.17. The average molecular weight is 301 g/mol. The number of methoxy groups -OCH3 is 1. The number of carboxylic acids is 1. The van der Waals surface area contributed by atoms with E-state index in [1.165, 1.54) is 24.6 Å². The van der Waals surface area contributed by atoms with Gasteiger partial charge in [0.1, 0.15) is 11.0 Å². The van der Waals surface area contributed by atoms with E-state index in [4.69, 9.17) is 16.3 Å². The first-order chi connectivity index (χ1) is 9.11. The maximum absolute atomic E-state index is 11.5. The lowest BCUT2D eigenvalue weighted by atomic mass is 10.1. The second-order valence-corrected chi connectivity index (χ2v) is 6.47. The van der Waals surface area contributed by atoms with Gasteiger partial charge >= 0.3 is 5.97 Å². The summed E-state index contributed by atoms with van der Waals surface area (Å²) in [4.78, 5) is 11.5. The highest BCUT2D eigenvalue weighted by molar-refractivity contribution is 8.00. The molecule has 0 aliphatic heterocycles. The third-order valence-electron chi connectivity index (χ3n) is 3.33. The third-order valence-corrected chi connectivity index (χ3v) is 5.23. The van der Waals surface area contributed by atoms with Crippen LogP contribution in [0.4, 0.5) is 0 Å². The second-order valence-electron chi connectivity index (χ2n) is 4.65. The SMILES string of the molecule is COc1ccc([C@H](SC2CCCC2)C(=O)O)cc1Cl. The zero-order valence-electron chi connectivity index (χ0n) is 10.8. The summed E-state index contributed by atoms with van der Waals surface area (Å²) in [5.41, 5.74) is 0.732. The van der Waals surface area contributed by atoms with Gasteiger partial charge in [-0.05, 0) is 30.5 Å². The summed E-state index contributed by atoms with van der Waals surface area (Å²) in [5, 5.41) is 9.76.